The fraction of sp³-hybridized carbons (Fsp3) is 0.583. The van der Waals surface area contributed by atoms with Crippen LogP contribution in [0, 0.1) is 0 Å². The van der Waals surface area contributed by atoms with E-state index < -0.39 is 10.0 Å². The molecule has 6 heteroatoms. The van der Waals surface area contributed by atoms with Gasteiger partial charge in [-0.15, -0.1) is 0 Å². The maximum Gasteiger partial charge on any atom is 0.219 e. The molecule has 2 rings (SSSR count). The van der Waals surface area contributed by atoms with Crippen molar-refractivity contribution >= 4 is 10.0 Å². The highest BCUT2D eigenvalue weighted by molar-refractivity contribution is 7.88. The zero-order chi connectivity index (χ0) is 13.0. The maximum absolute atomic E-state index is 12.3. The zero-order valence-electron chi connectivity index (χ0n) is 10.5. The molecule has 1 aromatic heterocycles. The molecule has 1 aliphatic heterocycles. The molecule has 1 atom stereocenters. The van der Waals surface area contributed by atoms with Gasteiger partial charge in [-0.1, -0.05) is 6.07 Å². The van der Waals surface area contributed by atoms with Gasteiger partial charge in [-0.3, -0.25) is 4.98 Å². The number of aromatic nitrogens is 1. The van der Waals surface area contributed by atoms with Crippen LogP contribution >= 0.6 is 0 Å². The van der Waals surface area contributed by atoms with E-state index in [0.717, 1.165) is 25.9 Å². The lowest BCUT2D eigenvalue weighted by Gasteiger charge is -2.30. The molecule has 1 saturated heterocycles. The van der Waals surface area contributed by atoms with Crippen LogP contribution in [0.3, 0.4) is 0 Å². The van der Waals surface area contributed by atoms with Crippen LogP contribution in [0.1, 0.15) is 18.5 Å². The third-order valence-corrected chi connectivity index (χ3v) is 5.12. The second-order valence-electron chi connectivity index (χ2n) is 4.59. The van der Waals surface area contributed by atoms with E-state index in [0.29, 0.717) is 5.69 Å². The molecule has 0 saturated carbocycles. The highest BCUT2D eigenvalue weighted by Gasteiger charge is 2.27. The fourth-order valence-corrected chi connectivity index (χ4v) is 3.53. The summed E-state index contributed by atoms with van der Waals surface area (Å²) in [7, 11) is -1.62. The van der Waals surface area contributed by atoms with Crippen molar-refractivity contribution in [1.29, 1.82) is 0 Å². The van der Waals surface area contributed by atoms with Crippen molar-refractivity contribution in [2.45, 2.75) is 24.6 Å². The molecule has 0 amide bonds. The minimum atomic E-state index is -3.28. The lowest BCUT2D eigenvalue weighted by atomic mass is 10.1. The largest absolute Gasteiger partial charge is 0.315 e. The molecular weight excluding hydrogens is 250 g/mol. The van der Waals surface area contributed by atoms with Gasteiger partial charge in [0.15, 0.2) is 0 Å². The van der Waals surface area contributed by atoms with Gasteiger partial charge in [-0.2, -0.15) is 0 Å². The van der Waals surface area contributed by atoms with E-state index in [4.69, 9.17) is 0 Å². The van der Waals surface area contributed by atoms with E-state index >= 15 is 0 Å². The van der Waals surface area contributed by atoms with E-state index in [1.165, 1.54) is 4.31 Å². The lowest BCUT2D eigenvalue weighted by Crippen LogP contribution is -2.46. The summed E-state index contributed by atoms with van der Waals surface area (Å²) >= 11 is 0. The van der Waals surface area contributed by atoms with E-state index in [1.807, 2.05) is 0 Å². The van der Waals surface area contributed by atoms with Gasteiger partial charge in [0.1, 0.15) is 5.75 Å². The first-order chi connectivity index (χ1) is 8.59. The Labute approximate surface area is 108 Å². The number of hydrogen-bond acceptors (Lipinski definition) is 4. The number of likely N-dealkylation sites (N-methyl/N-ethyl adjacent to an activating group) is 1. The molecule has 0 radical (unpaired) electrons. The SMILES string of the molecule is CN(C1CCCNC1)S(=O)(=O)Cc1ccccn1. The van der Waals surface area contributed by atoms with Crippen LogP contribution in [0.4, 0.5) is 0 Å². The van der Waals surface area contributed by atoms with E-state index in [9.17, 15) is 8.42 Å². The molecule has 1 aliphatic rings. The number of nitrogens with zero attached hydrogens (tertiary/aromatic N) is 2. The number of nitrogens with one attached hydrogen (secondary N) is 1. The van der Waals surface area contributed by atoms with E-state index in [1.54, 1.807) is 31.4 Å². The summed E-state index contributed by atoms with van der Waals surface area (Å²) in [6.45, 7) is 1.71. The van der Waals surface area contributed by atoms with Gasteiger partial charge in [0, 0.05) is 25.8 Å². The van der Waals surface area contributed by atoms with Gasteiger partial charge < -0.3 is 5.32 Å². The number of sulfonamides is 1. The molecule has 0 bridgehead atoms. The van der Waals surface area contributed by atoms with Crippen molar-refractivity contribution in [2.24, 2.45) is 0 Å². The molecule has 1 N–H and O–H groups in total. The molecule has 0 aromatic carbocycles. The molecule has 1 aromatic rings. The van der Waals surface area contributed by atoms with Crippen molar-refractivity contribution in [1.82, 2.24) is 14.6 Å². The van der Waals surface area contributed by atoms with Crippen LogP contribution in [0.5, 0.6) is 0 Å². The van der Waals surface area contributed by atoms with Gasteiger partial charge in [0.05, 0.1) is 5.69 Å². The molecule has 100 valence electrons. The Morgan fingerprint density at radius 2 is 2.33 bits per heavy atom. The molecule has 2 heterocycles. The average molecular weight is 269 g/mol. The monoisotopic (exact) mass is 269 g/mol. The third kappa shape index (κ3) is 3.28. The summed E-state index contributed by atoms with van der Waals surface area (Å²) in [5.74, 6) is -0.0269. The normalized spacial score (nSPS) is 21.1. The first-order valence-electron chi connectivity index (χ1n) is 6.16. The molecule has 0 spiro atoms. The molecule has 18 heavy (non-hydrogen) atoms. The van der Waals surface area contributed by atoms with Crippen molar-refractivity contribution in [3.05, 3.63) is 30.1 Å². The minimum absolute atomic E-state index is 0.0269. The van der Waals surface area contributed by atoms with Gasteiger partial charge in [-0.05, 0) is 31.5 Å². The molecule has 0 aliphatic carbocycles. The Morgan fingerprint density at radius 1 is 1.50 bits per heavy atom. The number of piperidine rings is 1. The second-order valence-corrected chi connectivity index (χ2v) is 6.62. The molecule has 1 fully saturated rings. The average Bonchev–Trinajstić information content (AvgIpc) is 2.39. The van der Waals surface area contributed by atoms with Crippen LogP contribution in [0.25, 0.3) is 0 Å². The van der Waals surface area contributed by atoms with Crippen molar-refractivity contribution < 1.29 is 8.42 Å². The minimum Gasteiger partial charge on any atom is -0.315 e. The first-order valence-corrected chi connectivity index (χ1v) is 7.77. The molecular formula is C12H19N3O2S. The van der Waals surface area contributed by atoms with Gasteiger partial charge in [0.25, 0.3) is 0 Å². The van der Waals surface area contributed by atoms with Gasteiger partial charge in [-0.25, -0.2) is 12.7 Å². The summed E-state index contributed by atoms with van der Waals surface area (Å²) in [5.41, 5.74) is 0.591. The predicted octanol–water partition coefficient (Wildman–Crippen LogP) is 0.595. The first kappa shape index (κ1) is 13.5. The summed E-state index contributed by atoms with van der Waals surface area (Å²) < 4.78 is 26.0. The fourth-order valence-electron chi connectivity index (χ4n) is 2.14. The van der Waals surface area contributed by atoms with Crippen molar-refractivity contribution in [3.63, 3.8) is 0 Å². The van der Waals surface area contributed by atoms with Crippen molar-refractivity contribution in [2.75, 3.05) is 20.1 Å². The highest BCUT2D eigenvalue weighted by Crippen LogP contribution is 2.15. The second kappa shape index (κ2) is 5.77. The Balaban J connectivity index is 2.05. The smallest absolute Gasteiger partial charge is 0.219 e. The standard InChI is InChI=1S/C12H19N3O2S/c1-15(12-6-4-7-13-9-12)18(16,17)10-11-5-2-3-8-14-11/h2-3,5,8,12-13H,4,6-7,9-10H2,1H3. The van der Waals surface area contributed by atoms with Gasteiger partial charge in [0.2, 0.25) is 10.0 Å². The number of hydrogen-bond donors (Lipinski definition) is 1. The Kier molecular flexibility index (Phi) is 4.31. The number of pyridine rings is 1. The van der Waals surface area contributed by atoms with Gasteiger partial charge >= 0.3 is 0 Å². The van der Waals surface area contributed by atoms with E-state index in [2.05, 4.69) is 10.3 Å². The molecule has 1 unspecified atom stereocenters. The predicted molar refractivity (Wildman–Crippen MR) is 70.5 cm³/mol. The van der Waals surface area contributed by atoms with Crippen LogP contribution in [0.2, 0.25) is 0 Å². The van der Waals surface area contributed by atoms with Crippen LogP contribution < -0.4 is 5.32 Å². The highest BCUT2D eigenvalue weighted by atomic mass is 32.2. The van der Waals surface area contributed by atoms with Crippen LogP contribution in [-0.2, 0) is 15.8 Å². The summed E-state index contributed by atoms with van der Waals surface area (Å²) in [4.78, 5) is 4.07. The lowest BCUT2D eigenvalue weighted by molar-refractivity contribution is 0.299. The zero-order valence-corrected chi connectivity index (χ0v) is 11.4. The number of rotatable bonds is 4. The Morgan fingerprint density at radius 3 is 2.94 bits per heavy atom. The third-order valence-electron chi connectivity index (χ3n) is 3.28. The Hall–Kier alpha value is -0.980. The Bertz CT molecular complexity index is 469. The summed E-state index contributed by atoms with van der Waals surface area (Å²) in [6, 6.07) is 5.39. The van der Waals surface area contributed by atoms with Crippen molar-refractivity contribution in [3.8, 4) is 0 Å². The summed E-state index contributed by atoms with van der Waals surface area (Å²) in [5, 5.41) is 3.23. The summed E-state index contributed by atoms with van der Waals surface area (Å²) in [6.07, 6.45) is 3.56. The maximum atomic E-state index is 12.3. The van der Waals surface area contributed by atoms with Crippen LogP contribution in [0.15, 0.2) is 24.4 Å². The topological polar surface area (TPSA) is 62.3 Å². The van der Waals surface area contributed by atoms with E-state index in [-0.39, 0.29) is 11.8 Å². The van der Waals surface area contributed by atoms with Crippen LogP contribution in [-0.4, -0.2) is 43.9 Å². The quantitative estimate of drug-likeness (QED) is 0.869. The molecule has 5 nitrogen and oxygen atoms in total.